The Morgan fingerprint density at radius 3 is 2.56 bits per heavy atom. The molecule has 98 valence electrons. The minimum absolute atomic E-state index is 0.0514. The monoisotopic (exact) mass is 286 g/mol. The first kappa shape index (κ1) is 12.7. The maximum Gasteiger partial charge on any atom is 0.424 e. The van der Waals surface area contributed by atoms with Gasteiger partial charge in [-0.3, -0.25) is 9.05 Å². The molecule has 1 spiro atoms. The quantitative estimate of drug-likeness (QED) is 0.703. The summed E-state index contributed by atoms with van der Waals surface area (Å²) in [6.07, 6.45) is 4.22. The molecule has 5 heteroatoms. The van der Waals surface area contributed by atoms with E-state index in [1.807, 2.05) is 30.3 Å². The first-order valence-electron chi connectivity index (χ1n) is 6.29. The molecule has 0 bridgehead atoms. The molecule has 3 nitrogen and oxygen atoms in total. The highest BCUT2D eigenvalue weighted by atomic mass is 35.7. The Bertz CT molecular complexity index is 470. The minimum atomic E-state index is -3.41. The van der Waals surface area contributed by atoms with Gasteiger partial charge in [0, 0.05) is 16.7 Å². The maximum absolute atomic E-state index is 11.9. The van der Waals surface area contributed by atoms with Gasteiger partial charge in [-0.1, -0.05) is 43.2 Å². The van der Waals surface area contributed by atoms with Gasteiger partial charge in [0.2, 0.25) is 0 Å². The third kappa shape index (κ3) is 2.25. The van der Waals surface area contributed by atoms with E-state index in [-0.39, 0.29) is 11.5 Å². The van der Waals surface area contributed by atoms with E-state index >= 15 is 0 Å². The van der Waals surface area contributed by atoms with Gasteiger partial charge in [0.25, 0.3) is 0 Å². The van der Waals surface area contributed by atoms with Gasteiger partial charge in [-0.25, -0.2) is 4.57 Å². The molecule has 1 heterocycles. The van der Waals surface area contributed by atoms with E-state index in [2.05, 4.69) is 0 Å². The van der Waals surface area contributed by atoms with E-state index in [0.717, 1.165) is 18.4 Å². The smallest absolute Gasteiger partial charge is 0.296 e. The van der Waals surface area contributed by atoms with E-state index < -0.39 is 6.95 Å². The highest BCUT2D eigenvalue weighted by Crippen LogP contribution is 2.67. The van der Waals surface area contributed by atoms with Crippen molar-refractivity contribution in [2.45, 2.75) is 31.8 Å². The fourth-order valence-electron chi connectivity index (χ4n) is 3.08. The second kappa shape index (κ2) is 4.64. The Kier molecular flexibility index (Phi) is 3.27. The Morgan fingerprint density at radius 2 is 1.89 bits per heavy atom. The van der Waals surface area contributed by atoms with Gasteiger partial charge in [0.1, 0.15) is 6.10 Å². The molecule has 1 aromatic carbocycles. The van der Waals surface area contributed by atoms with Gasteiger partial charge in [0.15, 0.2) is 0 Å². The summed E-state index contributed by atoms with van der Waals surface area (Å²) in [4.78, 5) is 0. The molecule has 2 unspecified atom stereocenters. The molecule has 1 saturated heterocycles. The summed E-state index contributed by atoms with van der Waals surface area (Å²) >= 11 is 5.79. The molecular weight excluding hydrogens is 271 g/mol. The van der Waals surface area contributed by atoms with Gasteiger partial charge in [-0.15, -0.1) is 0 Å². The van der Waals surface area contributed by atoms with Crippen molar-refractivity contribution in [1.29, 1.82) is 0 Å². The van der Waals surface area contributed by atoms with Crippen LogP contribution in [0.3, 0.4) is 0 Å². The Morgan fingerprint density at radius 1 is 1.22 bits per heavy atom. The Hall–Kier alpha value is -0.340. The van der Waals surface area contributed by atoms with Gasteiger partial charge in [0.05, 0.1) is 6.61 Å². The predicted octanol–water partition coefficient (Wildman–Crippen LogP) is 4.68. The molecule has 18 heavy (non-hydrogen) atoms. The van der Waals surface area contributed by atoms with Crippen LogP contribution in [0.5, 0.6) is 0 Å². The molecule has 0 radical (unpaired) electrons. The summed E-state index contributed by atoms with van der Waals surface area (Å²) in [5, 5.41) is 0. The van der Waals surface area contributed by atoms with Crippen molar-refractivity contribution in [2.75, 3.05) is 6.61 Å². The summed E-state index contributed by atoms with van der Waals surface area (Å²) in [5.74, 6) is 0. The van der Waals surface area contributed by atoms with Crippen molar-refractivity contribution >= 4 is 18.2 Å². The van der Waals surface area contributed by atoms with E-state index in [9.17, 15) is 4.57 Å². The molecule has 2 fully saturated rings. The lowest BCUT2D eigenvalue weighted by Gasteiger charge is -2.42. The standard InChI is InChI=1S/C13H16ClO3P/c14-18(15)16-10-13(8-4-5-9-13)12(17-18)11-6-2-1-3-7-11/h1-3,6-7,12H,4-5,8-10H2. The van der Waals surface area contributed by atoms with Crippen molar-refractivity contribution in [1.82, 2.24) is 0 Å². The molecule has 0 amide bonds. The van der Waals surface area contributed by atoms with Gasteiger partial charge in [-0.05, 0) is 18.4 Å². The lowest BCUT2D eigenvalue weighted by atomic mass is 9.78. The molecule has 1 aromatic rings. The van der Waals surface area contributed by atoms with Gasteiger partial charge >= 0.3 is 6.95 Å². The van der Waals surface area contributed by atoms with Crippen LogP contribution in [0.4, 0.5) is 0 Å². The van der Waals surface area contributed by atoms with Crippen LogP contribution in [0.15, 0.2) is 30.3 Å². The van der Waals surface area contributed by atoms with Crippen molar-refractivity contribution in [3.63, 3.8) is 0 Å². The van der Waals surface area contributed by atoms with Crippen LogP contribution in [0.2, 0.25) is 0 Å². The van der Waals surface area contributed by atoms with Crippen molar-refractivity contribution < 1.29 is 13.6 Å². The SMILES string of the molecule is O=P1(Cl)OCC2(CCCC2)C(c2ccccc2)O1. The van der Waals surface area contributed by atoms with E-state index in [4.69, 9.17) is 20.3 Å². The van der Waals surface area contributed by atoms with Crippen molar-refractivity contribution in [3.05, 3.63) is 35.9 Å². The van der Waals surface area contributed by atoms with Crippen LogP contribution in [0.25, 0.3) is 0 Å². The maximum atomic E-state index is 11.9. The molecule has 1 aliphatic heterocycles. The molecule has 3 rings (SSSR count). The van der Waals surface area contributed by atoms with Crippen LogP contribution < -0.4 is 0 Å². The van der Waals surface area contributed by atoms with E-state index in [1.54, 1.807) is 0 Å². The topological polar surface area (TPSA) is 35.5 Å². The number of hydrogen-bond acceptors (Lipinski definition) is 3. The molecule has 2 atom stereocenters. The van der Waals surface area contributed by atoms with Crippen LogP contribution >= 0.6 is 18.2 Å². The molecular formula is C13H16ClO3P. The predicted molar refractivity (Wildman–Crippen MR) is 70.6 cm³/mol. The summed E-state index contributed by atoms with van der Waals surface area (Å²) in [5.41, 5.74) is 0.994. The van der Waals surface area contributed by atoms with Crippen LogP contribution in [0.1, 0.15) is 37.4 Å². The molecule has 1 aliphatic carbocycles. The second-order valence-corrected chi connectivity index (χ2v) is 7.74. The first-order valence-corrected chi connectivity index (χ1v) is 8.74. The lowest BCUT2D eigenvalue weighted by Crippen LogP contribution is -2.35. The lowest BCUT2D eigenvalue weighted by molar-refractivity contribution is -0.0392. The summed E-state index contributed by atoms with van der Waals surface area (Å²) < 4.78 is 22.7. The summed E-state index contributed by atoms with van der Waals surface area (Å²) in [7, 11) is 0. The van der Waals surface area contributed by atoms with Crippen molar-refractivity contribution in [3.8, 4) is 0 Å². The molecule has 2 aliphatic rings. The minimum Gasteiger partial charge on any atom is -0.296 e. The largest absolute Gasteiger partial charge is 0.424 e. The molecule has 1 saturated carbocycles. The number of benzene rings is 1. The summed E-state index contributed by atoms with van der Waals surface area (Å²) in [6.45, 7) is -2.98. The third-order valence-corrected chi connectivity index (χ3v) is 5.43. The van der Waals surface area contributed by atoms with Crippen LogP contribution in [0, 0.1) is 5.41 Å². The van der Waals surface area contributed by atoms with E-state index in [0.29, 0.717) is 6.61 Å². The highest BCUT2D eigenvalue weighted by Gasteiger charge is 2.50. The van der Waals surface area contributed by atoms with E-state index in [1.165, 1.54) is 12.8 Å². The fraction of sp³-hybridized carbons (Fsp3) is 0.538. The Balaban J connectivity index is 1.97. The number of halogens is 1. The number of rotatable bonds is 1. The highest BCUT2D eigenvalue weighted by molar-refractivity contribution is 7.81. The van der Waals surface area contributed by atoms with Gasteiger partial charge < -0.3 is 0 Å². The summed E-state index contributed by atoms with van der Waals surface area (Å²) in [6, 6.07) is 9.91. The molecule has 0 aromatic heterocycles. The average Bonchev–Trinajstić information content (AvgIpc) is 2.84. The number of hydrogen-bond donors (Lipinski definition) is 0. The zero-order valence-electron chi connectivity index (χ0n) is 10.0. The van der Waals surface area contributed by atoms with Crippen LogP contribution in [-0.2, 0) is 13.6 Å². The first-order chi connectivity index (χ1) is 8.61. The second-order valence-electron chi connectivity index (χ2n) is 5.17. The third-order valence-electron chi connectivity index (χ3n) is 4.00. The van der Waals surface area contributed by atoms with Gasteiger partial charge in [-0.2, -0.15) is 0 Å². The normalized spacial score (nSPS) is 34.8. The zero-order chi connectivity index (χ0) is 12.6. The zero-order valence-corrected chi connectivity index (χ0v) is 11.7. The Labute approximate surface area is 112 Å². The fourth-order valence-corrected chi connectivity index (χ4v) is 4.53. The van der Waals surface area contributed by atoms with Crippen molar-refractivity contribution in [2.24, 2.45) is 5.41 Å². The average molecular weight is 287 g/mol. The van der Waals surface area contributed by atoms with Crippen LogP contribution in [-0.4, -0.2) is 6.61 Å². The molecule has 0 N–H and O–H groups in total.